The molecule has 2 aromatic carbocycles. The molecule has 21 heavy (non-hydrogen) atoms. The Bertz CT molecular complexity index is 765. The molecule has 0 unspecified atom stereocenters. The predicted octanol–water partition coefficient (Wildman–Crippen LogP) is 2.14. The fourth-order valence-corrected chi connectivity index (χ4v) is 2.85. The van der Waals surface area contributed by atoms with Crippen LogP contribution >= 0.6 is 11.8 Å². The van der Waals surface area contributed by atoms with Crippen LogP contribution in [0.5, 0.6) is 0 Å². The maximum atomic E-state index is 11.9. The number of hydrogen-bond donors (Lipinski definition) is 2. The van der Waals surface area contributed by atoms with Gasteiger partial charge in [0.25, 0.3) is 5.79 Å². The number of aliphatic hydroxyl groups is 2. The van der Waals surface area contributed by atoms with Crippen molar-refractivity contribution in [3.05, 3.63) is 53.6 Å². The number of carbonyl (C=O) groups is 2. The monoisotopic (exact) mass is 300 g/mol. The lowest BCUT2D eigenvalue weighted by Gasteiger charge is -2.08. The lowest BCUT2D eigenvalue weighted by atomic mass is 10.0. The van der Waals surface area contributed by atoms with Gasteiger partial charge in [-0.15, -0.1) is 11.8 Å². The summed E-state index contributed by atoms with van der Waals surface area (Å²) in [5, 5.41) is 19.1. The first-order valence-corrected chi connectivity index (χ1v) is 7.50. The molecule has 0 amide bonds. The Kier molecular flexibility index (Phi) is 3.20. The van der Waals surface area contributed by atoms with Crippen molar-refractivity contribution in [3.63, 3.8) is 0 Å². The maximum absolute atomic E-state index is 11.9. The van der Waals surface area contributed by atoms with Crippen LogP contribution in [0.3, 0.4) is 0 Å². The zero-order valence-electron chi connectivity index (χ0n) is 11.2. The van der Waals surface area contributed by atoms with E-state index in [1.54, 1.807) is 17.8 Å². The first-order valence-electron chi connectivity index (χ1n) is 6.28. The SMILES string of the molecule is CSc1cccc(-c2ccc3c(c2)C(=O)C(O)(O)C3=O)c1. The number of fused-ring (bicyclic) bond motifs is 1. The summed E-state index contributed by atoms with van der Waals surface area (Å²) in [6.07, 6.45) is 1.97. The molecule has 5 heteroatoms. The third-order valence-corrected chi connectivity index (χ3v) is 4.27. The molecule has 106 valence electrons. The maximum Gasteiger partial charge on any atom is 0.295 e. The third-order valence-electron chi connectivity index (χ3n) is 3.55. The van der Waals surface area contributed by atoms with Gasteiger partial charge < -0.3 is 10.2 Å². The van der Waals surface area contributed by atoms with Crippen molar-refractivity contribution in [3.8, 4) is 11.1 Å². The summed E-state index contributed by atoms with van der Waals surface area (Å²) in [5.41, 5.74) is 1.76. The van der Waals surface area contributed by atoms with Gasteiger partial charge in [0, 0.05) is 16.0 Å². The summed E-state index contributed by atoms with van der Waals surface area (Å²) in [7, 11) is 0. The van der Waals surface area contributed by atoms with Gasteiger partial charge in [0.1, 0.15) is 0 Å². The smallest absolute Gasteiger partial charge is 0.295 e. The van der Waals surface area contributed by atoms with E-state index < -0.39 is 17.4 Å². The van der Waals surface area contributed by atoms with Gasteiger partial charge in [-0.2, -0.15) is 0 Å². The average Bonchev–Trinajstić information content (AvgIpc) is 2.68. The number of thioether (sulfide) groups is 1. The van der Waals surface area contributed by atoms with Crippen molar-refractivity contribution in [1.82, 2.24) is 0 Å². The predicted molar refractivity (Wildman–Crippen MR) is 79.5 cm³/mol. The van der Waals surface area contributed by atoms with Crippen LogP contribution in [0.15, 0.2) is 47.4 Å². The highest BCUT2D eigenvalue weighted by atomic mass is 32.2. The minimum absolute atomic E-state index is 0.0507. The minimum atomic E-state index is -2.93. The zero-order valence-corrected chi connectivity index (χ0v) is 12.0. The summed E-state index contributed by atoms with van der Waals surface area (Å²) in [6, 6.07) is 12.4. The molecule has 0 radical (unpaired) electrons. The molecule has 1 aliphatic rings. The molecule has 0 bridgehead atoms. The van der Waals surface area contributed by atoms with Gasteiger partial charge in [-0.1, -0.05) is 18.2 Å². The molecule has 1 aliphatic carbocycles. The van der Waals surface area contributed by atoms with E-state index in [9.17, 15) is 19.8 Å². The van der Waals surface area contributed by atoms with Crippen molar-refractivity contribution in [1.29, 1.82) is 0 Å². The van der Waals surface area contributed by atoms with E-state index in [1.807, 2.05) is 30.5 Å². The molecule has 0 saturated carbocycles. The first kappa shape index (κ1) is 14.0. The van der Waals surface area contributed by atoms with Gasteiger partial charge in [0.15, 0.2) is 0 Å². The van der Waals surface area contributed by atoms with Crippen LogP contribution in [0.25, 0.3) is 11.1 Å². The van der Waals surface area contributed by atoms with E-state index in [4.69, 9.17) is 0 Å². The second-order valence-electron chi connectivity index (χ2n) is 4.82. The summed E-state index contributed by atoms with van der Waals surface area (Å²) in [4.78, 5) is 24.7. The van der Waals surface area contributed by atoms with Crippen LogP contribution < -0.4 is 0 Å². The summed E-state index contributed by atoms with van der Waals surface area (Å²) in [6.45, 7) is 0. The lowest BCUT2D eigenvalue weighted by Crippen LogP contribution is -2.40. The van der Waals surface area contributed by atoms with Gasteiger partial charge in [0.05, 0.1) is 0 Å². The average molecular weight is 300 g/mol. The van der Waals surface area contributed by atoms with Crippen LogP contribution in [-0.4, -0.2) is 33.8 Å². The lowest BCUT2D eigenvalue weighted by molar-refractivity contribution is -0.0857. The van der Waals surface area contributed by atoms with E-state index in [0.717, 1.165) is 16.0 Å². The quantitative estimate of drug-likeness (QED) is 0.505. The van der Waals surface area contributed by atoms with Crippen LogP contribution in [0.1, 0.15) is 20.7 Å². The number of benzene rings is 2. The summed E-state index contributed by atoms with van der Waals surface area (Å²) in [5.74, 6) is -4.86. The highest BCUT2D eigenvalue weighted by Crippen LogP contribution is 2.33. The normalized spacial score (nSPS) is 16.1. The van der Waals surface area contributed by atoms with Crippen LogP contribution in [-0.2, 0) is 0 Å². The number of hydrogen-bond acceptors (Lipinski definition) is 5. The fourth-order valence-electron chi connectivity index (χ4n) is 2.39. The Morgan fingerprint density at radius 2 is 1.57 bits per heavy atom. The molecule has 0 atom stereocenters. The molecule has 2 aromatic rings. The van der Waals surface area contributed by atoms with E-state index in [0.29, 0.717) is 0 Å². The molecular formula is C16H12O4S. The first-order chi connectivity index (χ1) is 9.95. The van der Waals surface area contributed by atoms with Gasteiger partial charge in [-0.25, -0.2) is 0 Å². The fraction of sp³-hybridized carbons (Fsp3) is 0.125. The van der Waals surface area contributed by atoms with E-state index in [2.05, 4.69) is 0 Å². The molecule has 0 heterocycles. The number of carbonyl (C=O) groups excluding carboxylic acids is 2. The van der Waals surface area contributed by atoms with Gasteiger partial charge >= 0.3 is 0 Å². The molecule has 0 saturated heterocycles. The van der Waals surface area contributed by atoms with Gasteiger partial charge in [0.2, 0.25) is 11.6 Å². The Balaban J connectivity index is 2.12. The molecule has 0 fully saturated rings. The highest BCUT2D eigenvalue weighted by Gasteiger charge is 2.50. The summed E-state index contributed by atoms with van der Waals surface area (Å²) >= 11 is 1.60. The van der Waals surface area contributed by atoms with Gasteiger partial charge in [-0.05, 0) is 41.6 Å². The largest absolute Gasteiger partial charge is 0.353 e. The molecule has 0 spiro atoms. The molecule has 4 nitrogen and oxygen atoms in total. The van der Waals surface area contributed by atoms with Crippen LogP contribution in [0.2, 0.25) is 0 Å². The second kappa shape index (κ2) is 4.80. The second-order valence-corrected chi connectivity index (χ2v) is 5.70. The molecule has 0 aromatic heterocycles. The van der Waals surface area contributed by atoms with E-state index in [-0.39, 0.29) is 11.1 Å². The highest BCUT2D eigenvalue weighted by molar-refractivity contribution is 7.98. The van der Waals surface area contributed by atoms with Crippen molar-refractivity contribution in [2.75, 3.05) is 6.26 Å². The van der Waals surface area contributed by atoms with Crippen molar-refractivity contribution in [2.45, 2.75) is 10.7 Å². The van der Waals surface area contributed by atoms with E-state index in [1.165, 1.54) is 12.1 Å². The van der Waals surface area contributed by atoms with Crippen LogP contribution in [0, 0.1) is 0 Å². The van der Waals surface area contributed by atoms with Crippen LogP contribution in [0.4, 0.5) is 0 Å². The molecule has 3 rings (SSSR count). The van der Waals surface area contributed by atoms with E-state index >= 15 is 0 Å². The Morgan fingerprint density at radius 3 is 2.29 bits per heavy atom. The molecular weight excluding hydrogens is 288 g/mol. The van der Waals surface area contributed by atoms with Crippen molar-refractivity contribution >= 4 is 23.3 Å². The standard InChI is InChI=1S/C16H12O4S/c1-21-11-4-2-3-9(7-11)10-5-6-12-13(8-10)15(18)16(19,20)14(12)17/h2-8,19-20H,1H3. The van der Waals surface area contributed by atoms with Crippen molar-refractivity contribution < 1.29 is 19.8 Å². The third kappa shape index (κ3) is 2.10. The summed E-state index contributed by atoms with van der Waals surface area (Å²) < 4.78 is 0. The molecule has 2 N–H and O–H groups in total. The number of ketones is 2. The Hall–Kier alpha value is -1.95. The molecule has 0 aliphatic heterocycles. The Morgan fingerprint density at radius 1 is 0.905 bits per heavy atom. The minimum Gasteiger partial charge on any atom is -0.353 e. The number of rotatable bonds is 2. The zero-order chi connectivity index (χ0) is 15.2. The number of Topliss-reactive ketones (excluding diaryl/α,β-unsaturated/α-hetero) is 2. The Labute approximate surface area is 125 Å². The van der Waals surface area contributed by atoms with Crippen molar-refractivity contribution in [2.24, 2.45) is 0 Å². The topological polar surface area (TPSA) is 74.6 Å². The van der Waals surface area contributed by atoms with Gasteiger partial charge in [-0.3, -0.25) is 9.59 Å².